The van der Waals surface area contributed by atoms with Crippen LogP contribution in [0.4, 0.5) is 5.00 Å². The average molecular weight is 287 g/mol. The summed E-state index contributed by atoms with van der Waals surface area (Å²) in [6.45, 7) is 3.45. The molecule has 20 heavy (non-hydrogen) atoms. The first-order chi connectivity index (χ1) is 9.69. The summed E-state index contributed by atoms with van der Waals surface area (Å²) in [6.07, 6.45) is 0.826. The van der Waals surface area contributed by atoms with Crippen molar-refractivity contribution in [3.63, 3.8) is 0 Å². The molecule has 3 rings (SSSR count). The molecule has 6 nitrogen and oxygen atoms in total. The molecule has 0 aromatic carbocycles. The van der Waals surface area contributed by atoms with Crippen LogP contribution in [0.1, 0.15) is 32.2 Å². The zero-order valence-electron chi connectivity index (χ0n) is 10.9. The maximum absolute atomic E-state index is 12.1. The van der Waals surface area contributed by atoms with Crippen LogP contribution in [0.3, 0.4) is 0 Å². The summed E-state index contributed by atoms with van der Waals surface area (Å²) in [4.78, 5) is 13.2. The lowest BCUT2D eigenvalue weighted by Gasteiger charge is -2.11. The number of hydrogen-bond donors (Lipinski definition) is 3. The highest BCUT2D eigenvalue weighted by atomic mass is 32.1. The van der Waals surface area contributed by atoms with Crippen LogP contribution in [-0.4, -0.2) is 22.6 Å². The van der Waals surface area contributed by atoms with Gasteiger partial charge in [-0.2, -0.15) is 10.4 Å². The predicted octanol–water partition coefficient (Wildman–Crippen LogP) is 1.55. The van der Waals surface area contributed by atoms with E-state index >= 15 is 0 Å². The summed E-state index contributed by atoms with van der Waals surface area (Å²) in [5.74, 6) is -0.294. The molecule has 0 spiro atoms. The smallest absolute Gasteiger partial charge is 0.276 e. The highest BCUT2D eigenvalue weighted by Crippen LogP contribution is 2.34. The molecule has 102 valence electrons. The number of aryl methyl sites for hydroxylation is 1. The van der Waals surface area contributed by atoms with E-state index in [4.69, 9.17) is 0 Å². The quantitative estimate of drug-likeness (QED) is 0.781. The minimum absolute atomic E-state index is 0.294. The Morgan fingerprint density at radius 2 is 2.45 bits per heavy atom. The molecule has 0 radical (unpaired) electrons. The number of fused-ring (bicyclic) bond motifs is 1. The number of amides is 1. The molecule has 0 saturated heterocycles. The molecule has 3 heterocycles. The SMILES string of the molecule is Cc1cc(C(=O)Nc2sc3c(c2C#N)CCNC3)n[nH]1. The summed E-state index contributed by atoms with van der Waals surface area (Å²) in [5, 5.41) is 22.6. The number of thiophene rings is 1. The molecule has 1 aliphatic rings. The van der Waals surface area contributed by atoms with Crippen molar-refractivity contribution in [3.05, 3.63) is 33.5 Å². The van der Waals surface area contributed by atoms with Crippen LogP contribution in [-0.2, 0) is 13.0 Å². The van der Waals surface area contributed by atoms with Gasteiger partial charge >= 0.3 is 0 Å². The Labute approximate surface area is 119 Å². The van der Waals surface area contributed by atoms with E-state index in [1.165, 1.54) is 11.3 Å². The third kappa shape index (κ3) is 2.19. The van der Waals surface area contributed by atoms with Crippen LogP contribution in [0.25, 0.3) is 0 Å². The van der Waals surface area contributed by atoms with E-state index in [9.17, 15) is 10.1 Å². The van der Waals surface area contributed by atoms with Crippen molar-refractivity contribution in [2.24, 2.45) is 0 Å². The number of rotatable bonds is 2. The predicted molar refractivity (Wildman–Crippen MR) is 75.7 cm³/mol. The molecule has 0 bridgehead atoms. The van der Waals surface area contributed by atoms with Gasteiger partial charge in [0.25, 0.3) is 5.91 Å². The molecule has 2 aromatic heterocycles. The molecule has 0 saturated carbocycles. The largest absolute Gasteiger partial charge is 0.312 e. The fourth-order valence-electron chi connectivity index (χ4n) is 2.24. The fourth-order valence-corrected chi connectivity index (χ4v) is 3.41. The van der Waals surface area contributed by atoms with E-state index in [-0.39, 0.29) is 5.91 Å². The number of carbonyl (C=O) groups is 1. The Bertz CT molecular complexity index is 709. The van der Waals surface area contributed by atoms with E-state index in [2.05, 4.69) is 26.9 Å². The molecular weight excluding hydrogens is 274 g/mol. The maximum Gasteiger partial charge on any atom is 0.276 e. The molecule has 0 fully saturated rings. The Morgan fingerprint density at radius 1 is 1.60 bits per heavy atom. The molecule has 0 unspecified atom stereocenters. The summed E-state index contributed by atoms with van der Waals surface area (Å²) in [7, 11) is 0. The minimum Gasteiger partial charge on any atom is -0.312 e. The van der Waals surface area contributed by atoms with Gasteiger partial charge in [0.2, 0.25) is 0 Å². The second-order valence-corrected chi connectivity index (χ2v) is 5.74. The normalized spacial score (nSPS) is 13.6. The van der Waals surface area contributed by atoms with Gasteiger partial charge in [-0.3, -0.25) is 9.89 Å². The number of nitrogens with one attached hydrogen (secondary N) is 3. The van der Waals surface area contributed by atoms with Crippen molar-refractivity contribution in [1.29, 1.82) is 5.26 Å². The molecular formula is C13H13N5OS. The van der Waals surface area contributed by atoms with Gasteiger partial charge in [0.05, 0.1) is 5.56 Å². The van der Waals surface area contributed by atoms with Crippen LogP contribution in [0.5, 0.6) is 0 Å². The lowest BCUT2D eigenvalue weighted by Crippen LogP contribution is -2.22. The van der Waals surface area contributed by atoms with Crippen molar-refractivity contribution in [2.75, 3.05) is 11.9 Å². The highest BCUT2D eigenvalue weighted by molar-refractivity contribution is 7.16. The van der Waals surface area contributed by atoms with E-state index in [0.717, 1.165) is 35.6 Å². The first-order valence-electron chi connectivity index (χ1n) is 6.27. The molecule has 1 amide bonds. The molecule has 3 N–H and O–H groups in total. The number of H-pyrrole nitrogens is 1. The van der Waals surface area contributed by atoms with Crippen LogP contribution < -0.4 is 10.6 Å². The number of aromatic nitrogens is 2. The van der Waals surface area contributed by atoms with Crippen molar-refractivity contribution in [1.82, 2.24) is 15.5 Å². The van der Waals surface area contributed by atoms with Crippen LogP contribution in [0, 0.1) is 18.3 Å². The average Bonchev–Trinajstić information content (AvgIpc) is 3.01. The molecule has 7 heteroatoms. The van der Waals surface area contributed by atoms with E-state index in [1.807, 2.05) is 6.92 Å². The number of nitriles is 1. The van der Waals surface area contributed by atoms with Gasteiger partial charge in [-0.05, 0) is 31.5 Å². The number of hydrogen-bond acceptors (Lipinski definition) is 5. The van der Waals surface area contributed by atoms with E-state index in [0.29, 0.717) is 16.3 Å². The number of anilines is 1. The summed E-state index contributed by atoms with van der Waals surface area (Å²) in [6, 6.07) is 3.88. The molecule has 0 aliphatic carbocycles. The van der Waals surface area contributed by atoms with E-state index in [1.54, 1.807) is 6.07 Å². The lowest BCUT2D eigenvalue weighted by molar-refractivity contribution is 0.102. The third-order valence-corrected chi connectivity index (χ3v) is 4.35. The standard InChI is InChI=1S/C13H13N5OS/c1-7-4-10(18-17-7)12(19)16-13-9(5-14)8-2-3-15-6-11(8)20-13/h4,15H,2-3,6H2,1H3,(H,16,19)(H,17,18). The van der Waals surface area contributed by atoms with Gasteiger partial charge in [0.1, 0.15) is 11.1 Å². The van der Waals surface area contributed by atoms with Gasteiger partial charge in [0.15, 0.2) is 5.69 Å². The first-order valence-corrected chi connectivity index (χ1v) is 7.09. The molecule has 2 aromatic rings. The Hall–Kier alpha value is -2.17. The van der Waals surface area contributed by atoms with Crippen molar-refractivity contribution in [3.8, 4) is 6.07 Å². The van der Waals surface area contributed by atoms with Crippen molar-refractivity contribution < 1.29 is 4.79 Å². The van der Waals surface area contributed by atoms with Gasteiger partial charge in [-0.15, -0.1) is 11.3 Å². The monoisotopic (exact) mass is 287 g/mol. The fraction of sp³-hybridized carbons (Fsp3) is 0.308. The Kier molecular flexibility index (Phi) is 3.26. The zero-order chi connectivity index (χ0) is 14.1. The zero-order valence-corrected chi connectivity index (χ0v) is 11.7. The van der Waals surface area contributed by atoms with Crippen LogP contribution >= 0.6 is 11.3 Å². The van der Waals surface area contributed by atoms with Crippen molar-refractivity contribution >= 4 is 22.2 Å². The van der Waals surface area contributed by atoms with Gasteiger partial charge in [0, 0.05) is 17.1 Å². The Morgan fingerprint density at radius 3 is 3.15 bits per heavy atom. The van der Waals surface area contributed by atoms with Gasteiger partial charge in [-0.1, -0.05) is 0 Å². The van der Waals surface area contributed by atoms with Gasteiger partial charge in [-0.25, -0.2) is 0 Å². The Balaban J connectivity index is 1.89. The highest BCUT2D eigenvalue weighted by Gasteiger charge is 2.22. The second-order valence-electron chi connectivity index (χ2n) is 4.64. The number of nitrogens with zero attached hydrogens (tertiary/aromatic N) is 2. The number of carbonyl (C=O) groups excluding carboxylic acids is 1. The maximum atomic E-state index is 12.1. The van der Waals surface area contributed by atoms with Crippen molar-refractivity contribution in [2.45, 2.75) is 19.9 Å². The topological polar surface area (TPSA) is 93.6 Å². The molecule has 0 atom stereocenters. The lowest BCUT2D eigenvalue weighted by atomic mass is 10.1. The molecule has 1 aliphatic heterocycles. The summed E-state index contributed by atoms with van der Waals surface area (Å²) < 4.78 is 0. The van der Waals surface area contributed by atoms with Gasteiger partial charge < -0.3 is 10.6 Å². The minimum atomic E-state index is -0.294. The van der Waals surface area contributed by atoms with Crippen LogP contribution in [0.15, 0.2) is 6.07 Å². The second kappa shape index (κ2) is 5.07. The summed E-state index contributed by atoms with van der Waals surface area (Å²) in [5.41, 5.74) is 2.80. The summed E-state index contributed by atoms with van der Waals surface area (Å²) >= 11 is 1.46. The first kappa shape index (κ1) is 12.8. The van der Waals surface area contributed by atoms with Crippen LogP contribution in [0.2, 0.25) is 0 Å². The van der Waals surface area contributed by atoms with E-state index < -0.39 is 0 Å². The third-order valence-electron chi connectivity index (χ3n) is 3.21. The number of aromatic amines is 1.